The monoisotopic (exact) mass is 423 g/mol. The second-order valence-electron chi connectivity index (χ2n) is 6.93. The highest BCUT2D eigenvalue weighted by Crippen LogP contribution is 2.22. The number of rotatable bonds is 8. The van der Waals surface area contributed by atoms with Crippen LogP contribution in [0.5, 0.6) is 5.75 Å². The maximum Gasteiger partial charge on any atom is 0.344 e. The molecule has 154 valence electrons. The molecule has 0 radical (unpaired) electrons. The predicted octanol–water partition coefficient (Wildman–Crippen LogP) is 5.25. The van der Waals surface area contributed by atoms with E-state index in [1.807, 2.05) is 37.3 Å². The Hall–Kier alpha value is -3.31. The molecule has 0 saturated carbocycles. The van der Waals surface area contributed by atoms with Crippen molar-refractivity contribution in [2.75, 3.05) is 0 Å². The standard InChI is InChI=1S/C24H22ClNO4/c1-16-8-10-19(11-9-16)23(27)22-21(25)12-14-26(22)13-4-6-18-5-3-7-20(15-18)30-17(2)24(28)29/h3-12,14-15,17H,13H2,1-2H3,(H,28,29)/b6-4+/t17-/m0/s1. The summed E-state index contributed by atoms with van der Waals surface area (Å²) in [5.74, 6) is -0.672. The number of ether oxygens (including phenoxy) is 1. The molecule has 0 saturated heterocycles. The summed E-state index contributed by atoms with van der Waals surface area (Å²) in [7, 11) is 0. The van der Waals surface area contributed by atoms with Gasteiger partial charge in [-0.3, -0.25) is 4.79 Å². The van der Waals surface area contributed by atoms with Crippen LogP contribution < -0.4 is 4.74 Å². The summed E-state index contributed by atoms with van der Waals surface area (Å²) < 4.78 is 7.19. The first-order valence-electron chi connectivity index (χ1n) is 9.47. The number of aromatic nitrogens is 1. The second-order valence-corrected chi connectivity index (χ2v) is 7.34. The van der Waals surface area contributed by atoms with Crippen LogP contribution in [-0.2, 0) is 11.3 Å². The van der Waals surface area contributed by atoms with Crippen LogP contribution in [-0.4, -0.2) is 27.5 Å². The lowest BCUT2D eigenvalue weighted by atomic mass is 10.1. The van der Waals surface area contributed by atoms with Gasteiger partial charge in [0.05, 0.1) is 5.02 Å². The molecule has 6 heteroatoms. The lowest BCUT2D eigenvalue weighted by molar-refractivity contribution is -0.144. The van der Waals surface area contributed by atoms with Crippen LogP contribution in [0.25, 0.3) is 6.08 Å². The van der Waals surface area contributed by atoms with Crippen LogP contribution in [0.1, 0.15) is 34.1 Å². The molecule has 0 bridgehead atoms. The van der Waals surface area contributed by atoms with Gasteiger partial charge in [0.15, 0.2) is 6.10 Å². The molecule has 5 nitrogen and oxygen atoms in total. The molecule has 1 atom stereocenters. The van der Waals surface area contributed by atoms with Crippen molar-refractivity contribution in [3.63, 3.8) is 0 Å². The maximum atomic E-state index is 12.9. The number of carbonyl (C=O) groups is 2. The highest BCUT2D eigenvalue weighted by atomic mass is 35.5. The molecule has 3 aromatic rings. The minimum Gasteiger partial charge on any atom is -0.479 e. The molecule has 0 fully saturated rings. The van der Waals surface area contributed by atoms with Gasteiger partial charge in [0.1, 0.15) is 11.4 Å². The molecule has 1 N–H and O–H groups in total. The van der Waals surface area contributed by atoms with Gasteiger partial charge in [-0.15, -0.1) is 0 Å². The molecule has 0 amide bonds. The molecular weight excluding hydrogens is 402 g/mol. The second kappa shape index (κ2) is 9.46. The minimum atomic E-state index is -1.02. The number of carboxylic acid groups (broad SMARTS) is 1. The summed E-state index contributed by atoms with van der Waals surface area (Å²) in [5.41, 5.74) is 2.97. The number of allylic oxidation sites excluding steroid dienone is 1. The molecule has 30 heavy (non-hydrogen) atoms. The first-order valence-corrected chi connectivity index (χ1v) is 9.85. The number of aryl methyl sites for hydroxylation is 1. The number of hydrogen-bond acceptors (Lipinski definition) is 3. The third-order valence-electron chi connectivity index (χ3n) is 4.57. The fourth-order valence-electron chi connectivity index (χ4n) is 2.93. The Labute approximate surface area is 180 Å². The molecule has 0 unspecified atom stereocenters. The summed E-state index contributed by atoms with van der Waals surface area (Å²) in [5, 5.41) is 9.38. The Morgan fingerprint density at radius 2 is 1.90 bits per heavy atom. The van der Waals surface area contributed by atoms with Crippen LogP contribution in [0.4, 0.5) is 0 Å². The zero-order chi connectivity index (χ0) is 21.7. The van der Waals surface area contributed by atoms with Crippen LogP contribution in [0.2, 0.25) is 5.02 Å². The van der Waals surface area contributed by atoms with E-state index >= 15 is 0 Å². The highest BCUT2D eigenvalue weighted by molar-refractivity contribution is 6.34. The lowest BCUT2D eigenvalue weighted by Gasteiger charge is -2.10. The van der Waals surface area contributed by atoms with E-state index in [4.69, 9.17) is 21.4 Å². The SMILES string of the molecule is Cc1ccc(C(=O)c2c(Cl)ccn2C/C=C/c2cccc(O[C@@H](C)C(=O)O)c2)cc1. The number of aliphatic carboxylic acids is 1. The van der Waals surface area contributed by atoms with E-state index in [2.05, 4.69) is 0 Å². The number of carboxylic acids is 1. The van der Waals surface area contributed by atoms with Crippen molar-refractivity contribution < 1.29 is 19.4 Å². The number of benzene rings is 2. The molecule has 3 rings (SSSR count). The van der Waals surface area contributed by atoms with Crippen molar-refractivity contribution in [1.82, 2.24) is 4.57 Å². The largest absolute Gasteiger partial charge is 0.479 e. The Bertz CT molecular complexity index is 1080. The molecule has 2 aromatic carbocycles. The predicted molar refractivity (Wildman–Crippen MR) is 117 cm³/mol. The zero-order valence-corrected chi connectivity index (χ0v) is 17.5. The van der Waals surface area contributed by atoms with Crippen LogP contribution in [0, 0.1) is 6.92 Å². The third-order valence-corrected chi connectivity index (χ3v) is 4.88. The Morgan fingerprint density at radius 3 is 2.60 bits per heavy atom. The number of nitrogens with zero attached hydrogens (tertiary/aromatic N) is 1. The fraction of sp³-hybridized carbons (Fsp3) is 0.167. The number of hydrogen-bond donors (Lipinski definition) is 1. The molecule has 1 aromatic heterocycles. The topological polar surface area (TPSA) is 68.5 Å². The van der Waals surface area contributed by atoms with Crippen molar-refractivity contribution in [2.45, 2.75) is 26.5 Å². The third kappa shape index (κ3) is 5.19. The van der Waals surface area contributed by atoms with E-state index in [9.17, 15) is 9.59 Å². The van der Waals surface area contributed by atoms with E-state index in [1.165, 1.54) is 6.92 Å². The van der Waals surface area contributed by atoms with Crippen molar-refractivity contribution in [1.29, 1.82) is 0 Å². The summed E-state index contributed by atoms with van der Waals surface area (Å²) >= 11 is 6.28. The molecule has 0 aliphatic carbocycles. The quantitative estimate of drug-likeness (QED) is 0.502. The number of carbonyl (C=O) groups excluding carboxylic acids is 1. The van der Waals surface area contributed by atoms with Crippen molar-refractivity contribution >= 4 is 29.4 Å². The summed E-state index contributed by atoms with van der Waals surface area (Å²) in [6, 6.07) is 16.2. The van der Waals surface area contributed by atoms with E-state index in [-0.39, 0.29) is 5.78 Å². The molecule has 0 aliphatic rings. The Morgan fingerprint density at radius 1 is 1.17 bits per heavy atom. The van der Waals surface area contributed by atoms with Gasteiger partial charge in [-0.05, 0) is 37.6 Å². The summed E-state index contributed by atoms with van der Waals surface area (Å²) in [6.45, 7) is 3.90. The summed E-state index contributed by atoms with van der Waals surface area (Å²) in [4.78, 5) is 23.8. The van der Waals surface area contributed by atoms with Gasteiger partial charge in [-0.2, -0.15) is 0 Å². The van der Waals surface area contributed by atoms with Gasteiger partial charge in [0.25, 0.3) is 0 Å². The number of ketones is 1. The average Bonchev–Trinajstić information content (AvgIpc) is 3.08. The van der Waals surface area contributed by atoms with Crippen molar-refractivity contribution in [2.24, 2.45) is 0 Å². The maximum absolute atomic E-state index is 12.9. The van der Waals surface area contributed by atoms with E-state index in [0.717, 1.165) is 11.1 Å². The van der Waals surface area contributed by atoms with E-state index < -0.39 is 12.1 Å². The molecule has 0 aliphatic heterocycles. The van der Waals surface area contributed by atoms with Gasteiger partial charge in [-0.1, -0.05) is 65.7 Å². The minimum absolute atomic E-state index is 0.128. The Kier molecular flexibility index (Phi) is 6.75. The summed E-state index contributed by atoms with van der Waals surface area (Å²) in [6.07, 6.45) is 4.64. The fourth-order valence-corrected chi connectivity index (χ4v) is 3.18. The first-order chi connectivity index (χ1) is 14.3. The lowest BCUT2D eigenvalue weighted by Crippen LogP contribution is -2.22. The van der Waals surface area contributed by atoms with Crippen LogP contribution in [0.15, 0.2) is 66.9 Å². The van der Waals surface area contributed by atoms with E-state index in [0.29, 0.717) is 28.6 Å². The normalized spacial score (nSPS) is 12.1. The molecule has 1 heterocycles. The molecular formula is C24H22ClNO4. The number of halogens is 1. The van der Waals surface area contributed by atoms with Gasteiger partial charge >= 0.3 is 5.97 Å². The van der Waals surface area contributed by atoms with Crippen LogP contribution >= 0.6 is 11.6 Å². The van der Waals surface area contributed by atoms with Crippen LogP contribution in [0.3, 0.4) is 0 Å². The van der Waals surface area contributed by atoms with Gasteiger partial charge < -0.3 is 14.4 Å². The van der Waals surface area contributed by atoms with Gasteiger partial charge in [0, 0.05) is 18.3 Å². The zero-order valence-electron chi connectivity index (χ0n) is 16.7. The average molecular weight is 424 g/mol. The van der Waals surface area contributed by atoms with E-state index in [1.54, 1.807) is 47.2 Å². The smallest absolute Gasteiger partial charge is 0.344 e. The van der Waals surface area contributed by atoms with Gasteiger partial charge in [0.2, 0.25) is 5.78 Å². The highest BCUT2D eigenvalue weighted by Gasteiger charge is 2.17. The van der Waals surface area contributed by atoms with Gasteiger partial charge in [-0.25, -0.2) is 4.79 Å². The molecule has 0 spiro atoms. The Balaban J connectivity index is 1.74. The van der Waals surface area contributed by atoms with Crippen molar-refractivity contribution in [3.05, 3.63) is 94.3 Å². The first kappa shape index (κ1) is 21.4. The van der Waals surface area contributed by atoms with Crippen molar-refractivity contribution in [3.8, 4) is 5.75 Å².